The van der Waals surface area contributed by atoms with E-state index >= 15 is 0 Å². The minimum absolute atomic E-state index is 0.0849. The van der Waals surface area contributed by atoms with Crippen LogP contribution < -0.4 is 10.2 Å². The van der Waals surface area contributed by atoms with E-state index < -0.39 is 0 Å². The summed E-state index contributed by atoms with van der Waals surface area (Å²) < 4.78 is 14.1. The Hall–Kier alpha value is -1.25. The van der Waals surface area contributed by atoms with Gasteiger partial charge < -0.3 is 10.2 Å². The molecule has 1 aromatic carbocycles. The van der Waals surface area contributed by atoms with Crippen LogP contribution in [0.25, 0.3) is 0 Å². The van der Waals surface area contributed by atoms with E-state index in [2.05, 4.69) is 10.2 Å². The van der Waals surface area contributed by atoms with Crippen molar-refractivity contribution in [3.8, 4) is 0 Å². The van der Waals surface area contributed by atoms with Crippen LogP contribution in [0.4, 0.5) is 15.8 Å². The van der Waals surface area contributed by atoms with Gasteiger partial charge in [0.25, 0.3) is 0 Å². The van der Waals surface area contributed by atoms with Crippen molar-refractivity contribution in [2.45, 2.75) is 38.5 Å². The molecule has 0 bridgehead atoms. The monoisotopic (exact) mass is 262 g/mol. The fraction of sp³-hybridized carbons (Fsp3) is 0.625. The van der Waals surface area contributed by atoms with Gasteiger partial charge in [-0.05, 0) is 49.8 Å². The van der Waals surface area contributed by atoms with Gasteiger partial charge in [-0.1, -0.05) is 12.8 Å². The first-order valence-corrected chi connectivity index (χ1v) is 7.61. The summed E-state index contributed by atoms with van der Waals surface area (Å²) in [5, 5.41) is 3.39. The first-order valence-electron chi connectivity index (χ1n) is 7.61. The van der Waals surface area contributed by atoms with Crippen LogP contribution in [0.1, 0.15) is 38.5 Å². The quantitative estimate of drug-likeness (QED) is 0.881. The third-order valence-electron chi connectivity index (χ3n) is 4.46. The molecule has 0 amide bonds. The largest absolute Gasteiger partial charge is 0.385 e. The second kappa shape index (κ2) is 5.81. The van der Waals surface area contributed by atoms with E-state index in [1.165, 1.54) is 38.5 Å². The highest BCUT2D eigenvalue weighted by Gasteiger charge is 2.17. The molecule has 1 saturated heterocycles. The number of rotatable bonds is 4. The first kappa shape index (κ1) is 12.8. The summed E-state index contributed by atoms with van der Waals surface area (Å²) in [4.78, 5) is 2.15. The average molecular weight is 262 g/mol. The molecule has 2 aliphatic rings. The van der Waals surface area contributed by atoms with Gasteiger partial charge in [0, 0.05) is 25.3 Å². The average Bonchev–Trinajstić information content (AvgIpc) is 3.10. The predicted octanol–water partition coefficient (Wildman–Crippen LogP) is 4.03. The molecule has 0 atom stereocenters. The first-order chi connectivity index (χ1) is 9.33. The molecule has 0 unspecified atom stereocenters. The minimum Gasteiger partial charge on any atom is -0.385 e. The number of hydrogen-bond donors (Lipinski definition) is 1. The van der Waals surface area contributed by atoms with Gasteiger partial charge in [-0.15, -0.1) is 0 Å². The number of halogens is 1. The summed E-state index contributed by atoms with van der Waals surface area (Å²) in [7, 11) is 0. The second-order valence-corrected chi connectivity index (χ2v) is 5.89. The predicted molar refractivity (Wildman–Crippen MR) is 78.3 cm³/mol. The molecule has 0 aromatic heterocycles. The smallest absolute Gasteiger partial charge is 0.148 e. The summed E-state index contributed by atoms with van der Waals surface area (Å²) in [6.07, 6.45) is 7.72. The van der Waals surface area contributed by atoms with Gasteiger partial charge >= 0.3 is 0 Å². The number of nitrogens with zero attached hydrogens (tertiary/aromatic N) is 1. The van der Waals surface area contributed by atoms with Crippen molar-refractivity contribution in [3.63, 3.8) is 0 Å². The third-order valence-corrected chi connectivity index (χ3v) is 4.46. The minimum atomic E-state index is -0.0849. The van der Waals surface area contributed by atoms with Crippen molar-refractivity contribution in [1.82, 2.24) is 0 Å². The lowest BCUT2D eigenvalue weighted by Crippen LogP contribution is -2.19. The molecule has 1 aliphatic carbocycles. The van der Waals surface area contributed by atoms with Crippen LogP contribution in [0.15, 0.2) is 18.2 Å². The molecule has 1 N–H and O–H groups in total. The lowest BCUT2D eigenvalue weighted by atomic mass is 10.1. The molecular weight excluding hydrogens is 239 g/mol. The van der Waals surface area contributed by atoms with Crippen molar-refractivity contribution >= 4 is 11.4 Å². The number of nitrogens with one attached hydrogen (secondary N) is 1. The van der Waals surface area contributed by atoms with E-state index in [1.54, 1.807) is 6.07 Å². The Balaban J connectivity index is 1.61. The zero-order valence-electron chi connectivity index (χ0n) is 11.5. The van der Waals surface area contributed by atoms with Crippen molar-refractivity contribution in [3.05, 3.63) is 24.0 Å². The van der Waals surface area contributed by atoms with Crippen LogP contribution in [0.2, 0.25) is 0 Å². The molecule has 104 valence electrons. The van der Waals surface area contributed by atoms with E-state index in [4.69, 9.17) is 0 Å². The molecule has 0 spiro atoms. The summed E-state index contributed by atoms with van der Waals surface area (Å²) >= 11 is 0. The van der Waals surface area contributed by atoms with E-state index in [9.17, 15) is 4.39 Å². The molecule has 3 heteroatoms. The van der Waals surface area contributed by atoms with E-state index in [1.807, 2.05) is 12.1 Å². The molecule has 1 saturated carbocycles. The van der Waals surface area contributed by atoms with Gasteiger partial charge in [0.05, 0.1) is 5.69 Å². The van der Waals surface area contributed by atoms with Crippen LogP contribution >= 0.6 is 0 Å². The van der Waals surface area contributed by atoms with E-state index in [0.29, 0.717) is 0 Å². The second-order valence-electron chi connectivity index (χ2n) is 5.89. The lowest BCUT2D eigenvalue weighted by Gasteiger charge is -2.19. The molecule has 1 aliphatic heterocycles. The van der Waals surface area contributed by atoms with Gasteiger partial charge in [0.2, 0.25) is 0 Å². The number of hydrogen-bond acceptors (Lipinski definition) is 2. The van der Waals surface area contributed by atoms with Crippen LogP contribution in [0, 0.1) is 11.7 Å². The lowest BCUT2D eigenvalue weighted by molar-refractivity contribution is 0.579. The summed E-state index contributed by atoms with van der Waals surface area (Å²) in [5.41, 5.74) is 1.69. The molecule has 1 aromatic rings. The summed E-state index contributed by atoms with van der Waals surface area (Å²) in [5.74, 6) is 0.694. The van der Waals surface area contributed by atoms with Crippen molar-refractivity contribution in [2.75, 3.05) is 29.9 Å². The van der Waals surface area contributed by atoms with Gasteiger partial charge in [0.1, 0.15) is 5.82 Å². The zero-order valence-corrected chi connectivity index (χ0v) is 11.5. The van der Waals surface area contributed by atoms with Gasteiger partial charge in [-0.25, -0.2) is 4.39 Å². The molecule has 0 radical (unpaired) electrons. The SMILES string of the molecule is Fc1cc(NCC2CCCC2)ccc1N1CCCC1. The molecule has 19 heavy (non-hydrogen) atoms. The van der Waals surface area contributed by atoms with Gasteiger partial charge in [-0.3, -0.25) is 0 Å². The maximum Gasteiger partial charge on any atom is 0.148 e. The highest BCUT2D eigenvalue weighted by Crippen LogP contribution is 2.28. The Bertz CT molecular complexity index is 421. The Labute approximate surface area is 115 Å². The molecule has 2 nitrogen and oxygen atoms in total. The fourth-order valence-corrected chi connectivity index (χ4v) is 3.31. The highest BCUT2D eigenvalue weighted by atomic mass is 19.1. The van der Waals surface area contributed by atoms with Crippen molar-refractivity contribution < 1.29 is 4.39 Å². The maximum absolute atomic E-state index is 14.1. The Morgan fingerprint density at radius 3 is 2.53 bits per heavy atom. The van der Waals surface area contributed by atoms with Crippen molar-refractivity contribution in [1.29, 1.82) is 0 Å². The molecule has 3 rings (SSSR count). The van der Waals surface area contributed by atoms with E-state index in [0.717, 1.165) is 36.9 Å². The van der Waals surface area contributed by atoms with Crippen molar-refractivity contribution in [2.24, 2.45) is 5.92 Å². The van der Waals surface area contributed by atoms with Crippen LogP contribution in [0.5, 0.6) is 0 Å². The molecular formula is C16H23FN2. The number of anilines is 2. The normalized spacial score (nSPS) is 20.2. The van der Waals surface area contributed by atoms with Crippen LogP contribution in [-0.2, 0) is 0 Å². The standard InChI is InChI=1S/C16H23FN2/c17-15-11-14(18-12-13-5-1-2-6-13)7-8-16(15)19-9-3-4-10-19/h7-8,11,13,18H,1-6,9-10,12H2. The summed E-state index contributed by atoms with van der Waals surface area (Å²) in [6.45, 7) is 2.97. The van der Waals surface area contributed by atoms with Crippen LogP contribution in [0.3, 0.4) is 0 Å². The van der Waals surface area contributed by atoms with Gasteiger partial charge in [-0.2, -0.15) is 0 Å². The fourth-order valence-electron chi connectivity index (χ4n) is 3.31. The maximum atomic E-state index is 14.1. The Morgan fingerprint density at radius 1 is 1.11 bits per heavy atom. The Kier molecular flexibility index (Phi) is 3.90. The topological polar surface area (TPSA) is 15.3 Å². The van der Waals surface area contributed by atoms with Crippen LogP contribution in [-0.4, -0.2) is 19.6 Å². The highest BCUT2D eigenvalue weighted by molar-refractivity contribution is 5.56. The molecule has 2 fully saturated rings. The van der Waals surface area contributed by atoms with E-state index in [-0.39, 0.29) is 5.82 Å². The Morgan fingerprint density at radius 2 is 1.84 bits per heavy atom. The van der Waals surface area contributed by atoms with Gasteiger partial charge in [0.15, 0.2) is 0 Å². The number of benzene rings is 1. The zero-order chi connectivity index (χ0) is 13.1. The summed E-state index contributed by atoms with van der Waals surface area (Å²) in [6, 6.07) is 5.60. The molecule has 1 heterocycles. The third kappa shape index (κ3) is 3.02.